The molecule has 0 unspecified atom stereocenters. The predicted octanol–water partition coefficient (Wildman–Crippen LogP) is 1.35. The first kappa shape index (κ1) is 15.8. The maximum Gasteiger partial charge on any atom is 0.329 e. The molecule has 1 aromatic carbocycles. The Morgan fingerprint density at radius 2 is 2.08 bits per heavy atom. The van der Waals surface area contributed by atoms with Gasteiger partial charge in [0.15, 0.2) is 5.65 Å². The molecular weight excluding hydrogens is 336 g/mol. The van der Waals surface area contributed by atoms with Crippen LogP contribution in [-0.2, 0) is 4.79 Å². The minimum absolute atomic E-state index is 0.0385. The normalized spacial score (nSPS) is 14.0. The predicted molar refractivity (Wildman–Crippen MR) is 93.0 cm³/mol. The number of hydrogen-bond acceptors (Lipinski definition) is 5. The number of carbonyl (C=O) groups is 3. The molecule has 1 aliphatic rings. The number of carbonyl (C=O) groups excluding carboxylic acids is 3. The van der Waals surface area contributed by atoms with Crippen LogP contribution in [0.5, 0.6) is 0 Å². The molecule has 130 valence electrons. The number of hydrogen-bond donors (Lipinski definition) is 2. The number of aromatic nitrogens is 3. The molecule has 2 N–H and O–H groups in total. The number of fused-ring (bicyclic) bond motifs is 1. The van der Waals surface area contributed by atoms with Crippen molar-refractivity contribution in [1.82, 2.24) is 19.9 Å². The van der Waals surface area contributed by atoms with Crippen LogP contribution in [0.3, 0.4) is 0 Å². The van der Waals surface area contributed by atoms with Crippen LogP contribution in [0.15, 0.2) is 42.7 Å². The molecule has 0 saturated carbocycles. The minimum atomic E-state index is -0.478. The molecular formula is C17H14N6O3. The Morgan fingerprint density at radius 1 is 1.23 bits per heavy atom. The second-order valence-electron chi connectivity index (χ2n) is 5.78. The van der Waals surface area contributed by atoms with Gasteiger partial charge in [-0.25, -0.2) is 19.2 Å². The summed E-state index contributed by atoms with van der Waals surface area (Å²) in [5.74, 6) is -0.720. The first-order valence-corrected chi connectivity index (χ1v) is 7.86. The molecule has 4 rings (SSSR count). The quantitative estimate of drug-likeness (QED) is 0.693. The number of anilines is 2. The second-order valence-corrected chi connectivity index (χ2v) is 5.78. The van der Waals surface area contributed by atoms with Gasteiger partial charge in [-0.1, -0.05) is 12.1 Å². The largest absolute Gasteiger partial charge is 0.329 e. The lowest BCUT2D eigenvalue weighted by molar-refractivity contribution is -0.115. The van der Waals surface area contributed by atoms with Gasteiger partial charge in [-0.05, 0) is 36.8 Å². The standard InChI is InChI=1S/C17H14N6O3/c1-10-5-6-11(7-13(10)22-15(24)8-18-17(22)26)21-16(25)12-3-2-4-14-19-9-20-23(12)14/h2-7,9H,8H2,1H3,(H,18,26)(H,21,25). The first-order valence-electron chi connectivity index (χ1n) is 7.86. The van der Waals surface area contributed by atoms with Gasteiger partial charge in [0.05, 0.1) is 12.2 Å². The Balaban J connectivity index is 1.66. The third kappa shape index (κ3) is 2.55. The lowest BCUT2D eigenvalue weighted by atomic mass is 10.1. The molecule has 26 heavy (non-hydrogen) atoms. The molecule has 2 aromatic heterocycles. The SMILES string of the molecule is Cc1ccc(NC(=O)c2cccc3ncnn23)cc1N1C(=O)CNC1=O. The summed E-state index contributed by atoms with van der Waals surface area (Å²) in [5.41, 5.74) is 2.51. The monoisotopic (exact) mass is 350 g/mol. The third-order valence-electron chi connectivity index (χ3n) is 4.09. The Hall–Kier alpha value is -3.75. The van der Waals surface area contributed by atoms with Crippen molar-refractivity contribution < 1.29 is 14.4 Å². The van der Waals surface area contributed by atoms with Crippen LogP contribution in [0.2, 0.25) is 0 Å². The summed E-state index contributed by atoms with van der Waals surface area (Å²) >= 11 is 0. The van der Waals surface area contributed by atoms with E-state index in [0.29, 0.717) is 22.7 Å². The van der Waals surface area contributed by atoms with Crippen molar-refractivity contribution in [2.45, 2.75) is 6.92 Å². The summed E-state index contributed by atoms with van der Waals surface area (Å²) in [6, 6.07) is 9.64. The molecule has 3 aromatic rings. The van der Waals surface area contributed by atoms with Gasteiger partial charge < -0.3 is 10.6 Å². The number of pyridine rings is 1. The molecule has 1 aliphatic heterocycles. The van der Waals surface area contributed by atoms with E-state index in [1.807, 2.05) is 0 Å². The van der Waals surface area contributed by atoms with E-state index in [9.17, 15) is 14.4 Å². The molecule has 0 spiro atoms. The van der Waals surface area contributed by atoms with Crippen LogP contribution in [0, 0.1) is 6.92 Å². The van der Waals surface area contributed by atoms with Gasteiger partial charge in [0.25, 0.3) is 11.8 Å². The summed E-state index contributed by atoms with van der Waals surface area (Å²) in [5, 5.41) is 9.28. The number of rotatable bonds is 3. The van der Waals surface area contributed by atoms with E-state index < -0.39 is 6.03 Å². The van der Waals surface area contributed by atoms with Gasteiger partial charge in [0, 0.05) is 5.69 Å². The third-order valence-corrected chi connectivity index (χ3v) is 4.09. The fourth-order valence-electron chi connectivity index (χ4n) is 2.81. The molecule has 9 nitrogen and oxygen atoms in total. The molecule has 4 amide bonds. The van der Waals surface area contributed by atoms with Crippen LogP contribution < -0.4 is 15.5 Å². The van der Waals surface area contributed by atoms with Crippen LogP contribution in [0.4, 0.5) is 16.2 Å². The van der Waals surface area contributed by atoms with E-state index in [-0.39, 0.29) is 18.4 Å². The zero-order chi connectivity index (χ0) is 18.3. The van der Waals surface area contributed by atoms with E-state index in [1.54, 1.807) is 43.3 Å². The smallest absolute Gasteiger partial charge is 0.328 e. The van der Waals surface area contributed by atoms with E-state index in [0.717, 1.165) is 10.5 Å². The number of nitrogens with zero attached hydrogens (tertiary/aromatic N) is 4. The maximum atomic E-state index is 12.6. The van der Waals surface area contributed by atoms with Crippen LogP contribution >= 0.6 is 0 Å². The van der Waals surface area contributed by atoms with Crippen molar-refractivity contribution in [2.24, 2.45) is 0 Å². The summed E-state index contributed by atoms with van der Waals surface area (Å²) in [4.78, 5) is 41.6. The number of aryl methyl sites for hydroxylation is 1. The van der Waals surface area contributed by atoms with Crippen molar-refractivity contribution in [1.29, 1.82) is 0 Å². The maximum absolute atomic E-state index is 12.6. The van der Waals surface area contributed by atoms with Gasteiger partial charge >= 0.3 is 6.03 Å². The summed E-state index contributed by atoms with van der Waals surface area (Å²) < 4.78 is 1.43. The average Bonchev–Trinajstić information content (AvgIpc) is 3.23. The highest BCUT2D eigenvalue weighted by Crippen LogP contribution is 2.26. The summed E-state index contributed by atoms with van der Waals surface area (Å²) in [7, 11) is 0. The van der Waals surface area contributed by atoms with E-state index >= 15 is 0 Å². The Labute approximate surface area is 147 Å². The summed E-state index contributed by atoms with van der Waals surface area (Å²) in [6.45, 7) is 1.75. The second kappa shape index (κ2) is 5.96. The number of imide groups is 1. The van der Waals surface area contributed by atoms with Gasteiger partial charge in [-0.15, -0.1) is 0 Å². The molecule has 0 atom stereocenters. The fourth-order valence-corrected chi connectivity index (χ4v) is 2.81. The van der Waals surface area contributed by atoms with Crippen molar-refractivity contribution in [3.63, 3.8) is 0 Å². The molecule has 1 fully saturated rings. The Morgan fingerprint density at radius 3 is 2.85 bits per heavy atom. The highest BCUT2D eigenvalue weighted by atomic mass is 16.2. The van der Waals surface area contributed by atoms with E-state index in [1.165, 1.54) is 10.8 Å². The number of nitrogens with one attached hydrogen (secondary N) is 2. The van der Waals surface area contributed by atoms with Crippen LogP contribution in [-0.4, -0.2) is 39.0 Å². The van der Waals surface area contributed by atoms with Crippen molar-refractivity contribution in [3.05, 3.63) is 54.0 Å². The van der Waals surface area contributed by atoms with Crippen molar-refractivity contribution in [2.75, 3.05) is 16.8 Å². The zero-order valence-electron chi connectivity index (χ0n) is 13.8. The Kier molecular flexibility index (Phi) is 3.61. The van der Waals surface area contributed by atoms with Crippen LogP contribution in [0.25, 0.3) is 5.65 Å². The minimum Gasteiger partial charge on any atom is -0.328 e. The number of urea groups is 1. The molecule has 0 radical (unpaired) electrons. The van der Waals surface area contributed by atoms with Crippen LogP contribution in [0.1, 0.15) is 16.1 Å². The molecule has 3 heterocycles. The van der Waals surface area contributed by atoms with E-state index in [4.69, 9.17) is 0 Å². The highest BCUT2D eigenvalue weighted by molar-refractivity contribution is 6.20. The van der Waals surface area contributed by atoms with Gasteiger partial charge in [-0.2, -0.15) is 5.10 Å². The zero-order valence-corrected chi connectivity index (χ0v) is 13.8. The fraction of sp³-hybridized carbons (Fsp3) is 0.118. The van der Waals surface area contributed by atoms with Gasteiger partial charge in [-0.3, -0.25) is 9.59 Å². The molecule has 1 saturated heterocycles. The lowest BCUT2D eigenvalue weighted by Gasteiger charge is -2.17. The Bertz CT molecular complexity index is 1040. The molecule has 0 aliphatic carbocycles. The van der Waals surface area contributed by atoms with Crippen molar-refractivity contribution >= 4 is 34.9 Å². The van der Waals surface area contributed by atoms with E-state index in [2.05, 4.69) is 20.7 Å². The summed E-state index contributed by atoms with van der Waals surface area (Å²) in [6.07, 6.45) is 1.37. The average molecular weight is 350 g/mol. The number of amides is 4. The van der Waals surface area contributed by atoms with Gasteiger partial charge in [0.1, 0.15) is 12.0 Å². The number of benzene rings is 1. The van der Waals surface area contributed by atoms with Crippen molar-refractivity contribution in [3.8, 4) is 0 Å². The lowest BCUT2D eigenvalue weighted by Crippen LogP contribution is -2.31. The molecule has 9 heteroatoms. The molecule has 0 bridgehead atoms. The highest BCUT2D eigenvalue weighted by Gasteiger charge is 2.31. The first-order chi connectivity index (χ1) is 12.5. The topological polar surface area (TPSA) is 109 Å². The van der Waals surface area contributed by atoms with Gasteiger partial charge in [0.2, 0.25) is 0 Å².